The smallest absolute Gasteiger partial charge is 0.233 e. The summed E-state index contributed by atoms with van der Waals surface area (Å²) >= 11 is 0. The van der Waals surface area contributed by atoms with E-state index in [9.17, 15) is 0 Å². The third-order valence-electron chi connectivity index (χ3n) is 4.76. The quantitative estimate of drug-likeness (QED) is 0.545. The zero-order valence-electron chi connectivity index (χ0n) is 16.8. The van der Waals surface area contributed by atoms with Crippen LogP contribution in [0.5, 0.6) is 0 Å². The lowest BCUT2D eigenvalue weighted by Crippen LogP contribution is -2.20. The van der Waals surface area contributed by atoms with Crippen molar-refractivity contribution in [1.82, 2.24) is 15.0 Å². The zero-order chi connectivity index (χ0) is 20.1. The fourth-order valence-corrected chi connectivity index (χ4v) is 3.11. The molecule has 3 N–H and O–H groups in total. The molecule has 1 unspecified atom stereocenters. The first-order chi connectivity index (χ1) is 14.1. The molecule has 2 heterocycles. The van der Waals surface area contributed by atoms with Gasteiger partial charge in [-0.1, -0.05) is 35.4 Å². The second-order valence-electron chi connectivity index (χ2n) is 7.30. The van der Waals surface area contributed by atoms with E-state index in [-0.39, 0.29) is 6.10 Å². The average Bonchev–Trinajstić information content (AvgIpc) is 3.24. The van der Waals surface area contributed by atoms with Gasteiger partial charge in [0.15, 0.2) is 0 Å². The fraction of sp³-hybridized carbons (Fsp3) is 0.318. The Morgan fingerprint density at radius 3 is 1.79 bits per heavy atom. The summed E-state index contributed by atoms with van der Waals surface area (Å²) in [6.45, 7) is 5.62. The lowest BCUT2D eigenvalue weighted by molar-refractivity contribution is 0.120. The highest BCUT2D eigenvalue weighted by Crippen LogP contribution is 2.20. The molecule has 1 saturated heterocycles. The van der Waals surface area contributed by atoms with Gasteiger partial charge in [-0.25, -0.2) is 0 Å². The normalized spacial score (nSPS) is 15.9. The van der Waals surface area contributed by atoms with Crippen LogP contribution in [-0.2, 0) is 4.74 Å². The van der Waals surface area contributed by atoms with Crippen molar-refractivity contribution in [2.75, 3.05) is 29.1 Å². The summed E-state index contributed by atoms with van der Waals surface area (Å²) in [7, 11) is 0. The lowest BCUT2D eigenvalue weighted by atomic mass is 10.2. The van der Waals surface area contributed by atoms with E-state index in [0.29, 0.717) is 24.4 Å². The lowest BCUT2D eigenvalue weighted by Gasteiger charge is -2.13. The van der Waals surface area contributed by atoms with Gasteiger partial charge in [-0.15, -0.1) is 0 Å². The number of benzene rings is 2. The van der Waals surface area contributed by atoms with Crippen molar-refractivity contribution < 1.29 is 4.74 Å². The molecule has 0 spiro atoms. The van der Waals surface area contributed by atoms with Crippen LogP contribution in [0.3, 0.4) is 0 Å². The van der Waals surface area contributed by atoms with Crippen LogP contribution in [0.1, 0.15) is 24.0 Å². The van der Waals surface area contributed by atoms with Gasteiger partial charge < -0.3 is 20.7 Å². The Bertz CT molecular complexity index is 871. The summed E-state index contributed by atoms with van der Waals surface area (Å²) in [4.78, 5) is 13.6. The van der Waals surface area contributed by atoms with Crippen LogP contribution in [0, 0.1) is 13.8 Å². The Labute approximate surface area is 171 Å². The molecule has 150 valence electrons. The Hall–Kier alpha value is -3.19. The molecule has 0 amide bonds. The van der Waals surface area contributed by atoms with Crippen LogP contribution >= 0.6 is 0 Å². The minimum absolute atomic E-state index is 0.203. The average molecular weight is 390 g/mol. The maximum Gasteiger partial charge on any atom is 0.233 e. The van der Waals surface area contributed by atoms with Gasteiger partial charge >= 0.3 is 0 Å². The van der Waals surface area contributed by atoms with Gasteiger partial charge in [0.05, 0.1) is 6.10 Å². The molecule has 1 aliphatic heterocycles. The van der Waals surface area contributed by atoms with Gasteiger partial charge in [-0.2, -0.15) is 15.0 Å². The third-order valence-corrected chi connectivity index (χ3v) is 4.76. The van der Waals surface area contributed by atoms with Crippen LogP contribution in [0.2, 0.25) is 0 Å². The number of hydrogen-bond donors (Lipinski definition) is 3. The summed E-state index contributed by atoms with van der Waals surface area (Å²) in [6.07, 6.45) is 2.36. The van der Waals surface area contributed by atoms with Crippen molar-refractivity contribution in [2.24, 2.45) is 0 Å². The Morgan fingerprint density at radius 2 is 1.31 bits per heavy atom. The highest BCUT2D eigenvalue weighted by molar-refractivity contribution is 5.59. The van der Waals surface area contributed by atoms with Crippen LogP contribution in [-0.4, -0.2) is 34.2 Å². The van der Waals surface area contributed by atoms with Crippen molar-refractivity contribution in [3.05, 3.63) is 59.7 Å². The van der Waals surface area contributed by atoms with Crippen molar-refractivity contribution in [3.63, 3.8) is 0 Å². The van der Waals surface area contributed by atoms with Gasteiger partial charge in [0, 0.05) is 24.5 Å². The van der Waals surface area contributed by atoms with Gasteiger partial charge in [-0.05, 0) is 51.0 Å². The van der Waals surface area contributed by atoms with Gasteiger partial charge in [0.25, 0.3) is 0 Å². The number of hydrogen-bond acceptors (Lipinski definition) is 7. The monoisotopic (exact) mass is 390 g/mol. The number of aromatic nitrogens is 3. The molecule has 1 atom stereocenters. The first-order valence-electron chi connectivity index (χ1n) is 9.93. The first-order valence-corrected chi connectivity index (χ1v) is 9.93. The molecule has 0 radical (unpaired) electrons. The van der Waals surface area contributed by atoms with Gasteiger partial charge in [0.1, 0.15) is 0 Å². The van der Waals surface area contributed by atoms with Crippen molar-refractivity contribution in [1.29, 1.82) is 0 Å². The second kappa shape index (κ2) is 8.87. The van der Waals surface area contributed by atoms with Gasteiger partial charge in [-0.3, -0.25) is 0 Å². The van der Waals surface area contributed by atoms with E-state index in [1.807, 2.05) is 48.5 Å². The number of aryl methyl sites for hydroxylation is 2. The van der Waals surface area contributed by atoms with E-state index in [1.54, 1.807) is 0 Å². The van der Waals surface area contributed by atoms with E-state index >= 15 is 0 Å². The van der Waals surface area contributed by atoms with Crippen molar-refractivity contribution >= 4 is 29.2 Å². The Balaban J connectivity index is 1.55. The molecule has 7 nitrogen and oxygen atoms in total. The maximum atomic E-state index is 5.68. The van der Waals surface area contributed by atoms with E-state index in [4.69, 9.17) is 4.74 Å². The molecule has 2 aromatic carbocycles. The Morgan fingerprint density at radius 1 is 0.793 bits per heavy atom. The first kappa shape index (κ1) is 19.1. The standard InChI is InChI=1S/C22H26N6O/c1-15-5-9-17(10-6-15)24-21-26-20(23-14-19-4-3-13-29-19)27-22(28-21)25-18-11-7-16(2)8-12-18/h5-12,19H,3-4,13-14H2,1-2H3,(H3,23,24,25,26,27,28). The molecule has 1 aliphatic rings. The highest BCUT2D eigenvalue weighted by atomic mass is 16.5. The molecule has 1 fully saturated rings. The van der Waals surface area contributed by atoms with E-state index < -0.39 is 0 Å². The SMILES string of the molecule is Cc1ccc(Nc2nc(NCC3CCCO3)nc(Nc3ccc(C)cc3)n2)cc1. The molecule has 0 saturated carbocycles. The predicted octanol–water partition coefficient (Wildman–Crippen LogP) is 4.57. The molecule has 1 aromatic heterocycles. The predicted molar refractivity (Wildman–Crippen MR) is 116 cm³/mol. The fourth-order valence-electron chi connectivity index (χ4n) is 3.11. The topological polar surface area (TPSA) is 84.0 Å². The molecule has 3 aromatic rings. The van der Waals surface area contributed by atoms with Gasteiger partial charge in [0.2, 0.25) is 17.8 Å². The highest BCUT2D eigenvalue weighted by Gasteiger charge is 2.16. The van der Waals surface area contributed by atoms with Crippen LogP contribution in [0.4, 0.5) is 29.2 Å². The molecule has 0 bridgehead atoms. The van der Waals surface area contributed by atoms with E-state index in [1.165, 1.54) is 11.1 Å². The number of ether oxygens (including phenoxy) is 1. The van der Waals surface area contributed by atoms with Crippen molar-refractivity contribution in [3.8, 4) is 0 Å². The molecule has 29 heavy (non-hydrogen) atoms. The maximum absolute atomic E-state index is 5.68. The van der Waals surface area contributed by atoms with E-state index in [0.717, 1.165) is 30.8 Å². The molecular weight excluding hydrogens is 364 g/mol. The minimum Gasteiger partial charge on any atom is -0.376 e. The molecule has 7 heteroatoms. The summed E-state index contributed by atoms with van der Waals surface area (Å²) in [6, 6.07) is 16.2. The summed E-state index contributed by atoms with van der Waals surface area (Å²) < 4.78 is 5.68. The Kier molecular flexibility index (Phi) is 5.86. The van der Waals surface area contributed by atoms with Crippen LogP contribution < -0.4 is 16.0 Å². The molecular formula is C22H26N6O. The molecule has 0 aliphatic carbocycles. The second-order valence-corrected chi connectivity index (χ2v) is 7.30. The largest absolute Gasteiger partial charge is 0.376 e. The van der Waals surface area contributed by atoms with Crippen LogP contribution in [0.25, 0.3) is 0 Å². The zero-order valence-corrected chi connectivity index (χ0v) is 16.8. The molecule has 4 rings (SSSR count). The minimum atomic E-state index is 0.203. The van der Waals surface area contributed by atoms with Crippen molar-refractivity contribution in [2.45, 2.75) is 32.8 Å². The number of anilines is 5. The van der Waals surface area contributed by atoms with Crippen LogP contribution in [0.15, 0.2) is 48.5 Å². The summed E-state index contributed by atoms with van der Waals surface area (Å²) in [5.41, 5.74) is 4.25. The third kappa shape index (κ3) is 5.42. The number of rotatable bonds is 7. The number of nitrogens with zero attached hydrogens (tertiary/aromatic N) is 3. The summed E-state index contributed by atoms with van der Waals surface area (Å²) in [5.74, 6) is 1.47. The van der Waals surface area contributed by atoms with E-state index in [2.05, 4.69) is 44.7 Å². The number of nitrogens with one attached hydrogen (secondary N) is 3. The summed E-state index contributed by atoms with van der Waals surface area (Å²) in [5, 5.41) is 9.81.